The molecule has 1 aliphatic heterocycles. The van der Waals surface area contributed by atoms with Crippen molar-refractivity contribution in [1.29, 1.82) is 0 Å². The van der Waals surface area contributed by atoms with Gasteiger partial charge in [-0.2, -0.15) is 13.2 Å². The van der Waals surface area contributed by atoms with Gasteiger partial charge < -0.3 is 9.80 Å². The molecule has 0 spiro atoms. The predicted molar refractivity (Wildman–Crippen MR) is 134 cm³/mol. The first-order valence-corrected chi connectivity index (χ1v) is 12.4. The number of rotatable bonds is 6. The van der Waals surface area contributed by atoms with E-state index in [-0.39, 0.29) is 18.2 Å². The number of carbonyl (C=O) groups is 1. The normalized spacial score (nSPS) is 14.4. The van der Waals surface area contributed by atoms with Crippen LogP contribution in [0.15, 0.2) is 48.5 Å². The van der Waals surface area contributed by atoms with Crippen molar-refractivity contribution >= 4 is 11.7 Å². The molecule has 4 rings (SSSR count). The lowest BCUT2D eigenvalue weighted by molar-refractivity contribution is -0.137. The van der Waals surface area contributed by atoms with Gasteiger partial charge in [-0.25, -0.2) is 14.4 Å². The van der Waals surface area contributed by atoms with E-state index in [1.165, 1.54) is 36.4 Å². The lowest BCUT2D eigenvalue weighted by Gasteiger charge is -2.37. The van der Waals surface area contributed by atoms with E-state index in [2.05, 4.69) is 4.90 Å². The molecule has 196 valence electrons. The number of aromatic nitrogens is 2. The lowest BCUT2D eigenvalue weighted by atomic mass is 9.99. The molecule has 1 aliphatic rings. The average Bonchev–Trinajstić information content (AvgIpc) is 2.88. The standard InChI is InChI=1S/C28H30F4N4O/c1-4-24-23(17-19-6-5-7-21(16-19)28(30,31)32)26(34-25(33-24)18(2)3)35-12-14-36(15-13-35)27(37)20-8-10-22(29)11-9-20/h5-11,16,18H,4,12-15,17H2,1-3H3. The minimum Gasteiger partial charge on any atom is -0.353 e. The third-order valence-corrected chi connectivity index (χ3v) is 6.53. The van der Waals surface area contributed by atoms with Crippen LogP contribution in [0.4, 0.5) is 23.4 Å². The number of carbonyl (C=O) groups excluding carboxylic acids is 1. The highest BCUT2D eigenvalue weighted by molar-refractivity contribution is 5.94. The van der Waals surface area contributed by atoms with E-state index in [1.54, 1.807) is 11.0 Å². The third-order valence-electron chi connectivity index (χ3n) is 6.53. The first-order valence-electron chi connectivity index (χ1n) is 12.4. The first-order chi connectivity index (χ1) is 17.6. The molecule has 9 heteroatoms. The van der Waals surface area contributed by atoms with E-state index in [0.717, 1.165) is 17.3 Å². The molecule has 1 fully saturated rings. The SMILES string of the molecule is CCc1nc(C(C)C)nc(N2CCN(C(=O)c3ccc(F)cc3)CC2)c1Cc1cccc(C(F)(F)F)c1. The summed E-state index contributed by atoms with van der Waals surface area (Å²) < 4.78 is 53.2. The van der Waals surface area contributed by atoms with Crippen LogP contribution in [0.25, 0.3) is 0 Å². The molecular formula is C28H30F4N4O. The van der Waals surface area contributed by atoms with E-state index in [4.69, 9.17) is 9.97 Å². The summed E-state index contributed by atoms with van der Waals surface area (Å²) in [6, 6.07) is 10.9. The predicted octanol–water partition coefficient (Wildman–Crippen LogP) is 5.87. The molecule has 0 atom stereocenters. The Morgan fingerprint density at radius 1 is 1.00 bits per heavy atom. The molecule has 2 heterocycles. The van der Waals surface area contributed by atoms with Gasteiger partial charge in [0.05, 0.1) is 5.56 Å². The topological polar surface area (TPSA) is 49.3 Å². The molecule has 37 heavy (non-hydrogen) atoms. The molecule has 0 bridgehead atoms. The second-order valence-corrected chi connectivity index (χ2v) is 9.50. The number of hydrogen-bond acceptors (Lipinski definition) is 4. The van der Waals surface area contributed by atoms with Gasteiger partial charge in [0.1, 0.15) is 17.5 Å². The van der Waals surface area contributed by atoms with Crippen LogP contribution in [0.2, 0.25) is 0 Å². The molecule has 0 radical (unpaired) electrons. The molecule has 1 saturated heterocycles. The van der Waals surface area contributed by atoms with Crippen LogP contribution in [0.1, 0.15) is 65.3 Å². The number of aryl methyl sites for hydroxylation is 1. The Bertz CT molecular complexity index is 1250. The van der Waals surface area contributed by atoms with E-state index in [0.29, 0.717) is 55.4 Å². The highest BCUT2D eigenvalue weighted by Crippen LogP contribution is 2.32. The fraction of sp³-hybridized carbons (Fsp3) is 0.393. The summed E-state index contributed by atoms with van der Waals surface area (Å²) in [5, 5.41) is 0. The highest BCUT2D eigenvalue weighted by Gasteiger charge is 2.31. The summed E-state index contributed by atoms with van der Waals surface area (Å²) >= 11 is 0. The minimum atomic E-state index is -4.42. The van der Waals surface area contributed by atoms with E-state index < -0.39 is 17.6 Å². The van der Waals surface area contributed by atoms with Crippen LogP contribution in [-0.2, 0) is 19.0 Å². The van der Waals surface area contributed by atoms with Crippen LogP contribution >= 0.6 is 0 Å². The van der Waals surface area contributed by atoms with Crippen LogP contribution < -0.4 is 4.90 Å². The average molecular weight is 515 g/mol. The summed E-state index contributed by atoms with van der Waals surface area (Å²) in [5.41, 5.74) is 1.91. The Kier molecular flexibility index (Phi) is 7.80. The number of nitrogens with zero attached hydrogens (tertiary/aromatic N) is 4. The summed E-state index contributed by atoms with van der Waals surface area (Å²) in [6.45, 7) is 7.91. The number of halogens is 4. The number of amides is 1. The molecule has 5 nitrogen and oxygen atoms in total. The highest BCUT2D eigenvalue weighted by atomic mass is 19.4. The smallest absolute Gasteiger partial charge is 0.353 e. The molecule has 1 aromatic heterocycles. The van der Waals surface area contributed by atoms with Crippen molar-refractivity contribution in [3.63, 3.8) is 0 Å². The fourth-order valence-electron chi connectivity index (χ4n) is 4.49. The van der Waals surface area contributed by atoms with Crippen molar-refractivity contribution in [1.82, 2.24) is 14.9 Å². The molecule has 0 aliphatic carbocycles. The third kappa shape index (κ3) is 6.09. The number of piperazine rings is 1. The Hall–Kier alpha value is -3.49. The van der Waals surface area contributed by atoms with Crippen molar-refractivity contribution < 1.29 is 22.4 Å². The zero-order chi connectivity index (χ0) is 26.7. The molecule has 3 aromatic rings. The van der Waals surface area contributed by atoms with Gasteiger partial charge in [0.25, 0.3) is 5.91 Å². The van der Waals surface area contributed by atoms with Crippen LogP contribution in [-0.4, -0.2) is 47.0 Å². The van der Waals surface area contributed by atoms with Crippen molar-refractivity contribution in [2.24, 2.45) is 0 Å². The number of anilines is 1. The van der Waals surface area contributed by atoms with E-state index in [9.17, 15) is 22.4 Å². The second-order valence-electron chi connectivity index (χ2n) is 9.50. The van der Waals surface area contributed by atoms with Crippen LogP contribution in [0, 0.1) is 5.82 Å². The van der Waals surface area contributed by atoms with Gasteiger partial charge in [0.2, 0.25) is 0 Å². The van der Waals surface area contributed by atoms with Gasteiger partial charge in [-0.3, -0.25) is 4.79 Å². The van der Waals surface area contributed by atoms with Gasteiger partial charge in [0, 0.05) is 55.3 Å². The molecular weight excluding hydrogens is 484 g/mol. The van der Waals surface area contributed by atoms with E-state index in [1.807, 2.05) is 20.8 Å². The second kappa shape index (κ2) is 10.9. The molecule has 1 amide bonds. The van der Waals surface area contributed by atoms with Gasteiger partial charge >= 0.3 is 6.18 Å². The summed E-state index contributed by atoms with van der Waals surface area (Å²) in [7, 11) is 0. The van der Waals surface area contributed by atoms with Gasteiger partial charge in [-0.05, 0) is 42.3 Å². The lowest BCUT2D eigenvalue weighted by Crippen LogP contribution is -2.49. The molecule has 0 saturated carbocycles. The Balaban J connectivity index is 1.62. The van der Waals surface area contributed by atoms with Gasteiger partial charge in [-0.15, -0.1) is 0 Å². The summed E-state index contributed by atoms with van der Waals surface area (Å²) in [4.78, 5) is 26.3. The summed E-state index contributed by atoms with van der Waals surface area (Å²) in [6.07, 6.45) is -3.53. The molecule has 0 unspecified atom stereocenters. The largest absolute Gasteiger partial charge is 0.416 e. The Morgan fingerprint density at radius 2 is 1.68 bits per heavy atom. The number of benzene rings is 2. The van der Waals surface area contributed by atoms with Gasteiger partial charge in [0.15, 0.2) is 0 Å². The first kappa shape index (κ1) is 26.6. The van der Waals surface area contributed by atoms with Crippen molar-refractivity contribution in [3.8, 4) is 0 Å². The van der Waals surface area contributed by atoms with Gasteiger partial charge in [-0.1, -0.05) is 39.0 Å². The zero-order valence-electron chi connectivity index (χ0n) is 21.1. The van der Waals surface area contributed by atoms with Crippen molar-refractivity contribution in [3.05, 3.63) is 88.1 Å². The Labute approximate surface area is 214 Å². The zero-order valence-corrected chi connectivity index (χ0v) is 21.1. The maximum Gasteiger partial charge on any atom is 0.416 e. The number of hydrogen-bond donors (Lipinski definition) is 0. The quantitative estimate of drug-likeness (QED) is 0.386. The van der Waals surface area contributed by atoms with Crippen molar-refractivity contribution in [2.45, 2.75) is 45.7 Å². The fourth-order valence-corrected chi connectivity index (χ4v) is 4.49. The van der Waals surface area contributed by atoms with E-state index >= 15 is 0 Å². The maximum atomic E-state index is 13.3. The Morgan fingerprint density at radius 3 is 2.27 bits per heavy atom. The van der Waals surface area contributed by atoms with Crippen molar-refractivity contribution in [2.75, 3.05) is 31.1 Å². The monoisotopic (exact) mass is 514 g/mol. The number of alkyl halides is 3. The molecule has 2 aromatic carbocycles. The van der Waals surface area contributed by atoms with Crippen LogP contribution in [0.5, 0.6) is 0 Å². The summed E-state index contributed by atoms with van der Waals surface area (Å²) in [5.74, 6) is 0.911. The van der Waals surface area contributed by atoms with Crippen LogP contribution in [0.3, 0.4) is 0 Å². The molecule has 0 N–H and O–H groups in total. The maximum absolute atomic E-state index is 13.3. The minimum absolute atomic E-state index is 0.0769.